The van der Waals surface area contributed by atoms with Crippen LogP contribution in [0.5, 0.6) is 0 Å². The van der Waals surface area contributed by atoms with Crippen molar-refractivity contribution in [2.75, 3.05) is 7.11 Å². The molecule has 37 heavy (non-hydrogen) atoms. The summed E-state index contributed by atoms with van der Waals surface area (Å²) in [7, 11) is 1.29. The fourth-order valence-corrected chi connectivity index (χ4v) is 3.56. The Balaban J connectivity index is 1.69. The van der Waals surface area contributed by atoms with Gasteiger partial charge in [-0.2, -0.15) is 13.2 Å². The van der Waals surface area contributed by atoms with Gasteiger partial charge in [0.25, 0.3) is 5.91 Å². The Morgan fingerprint density at radius 3 is 2.54 bits per heavy atom. The molecule has 0 spiro atoms. The zero-order chi connectivity index (χ0) is 26.7. The fraction of sp³-hybridized carbons (Fsp3) is 0.227. The van der Waals surface area contributed by atoms with E-state index in [-0.39, 0.29) is 23.8 Å². The first-order chi connectivity index (χ1) is 17.6. The highest BCUT2D eigenvalue weighted by Crippen LogP contribution is 2.24. The minimum atomic E-state index is -4.94. The van der Waals surface area contributed by atoms with E-state index in [2.05, 4.69) is 25.5 Å². The summed E-state index contributed by atoms with van der Waals surface area (Å²) in [6.07, 6.45) is -6.42. The number of amides is 1. The van der Waals surface area contributed by atoms with Gasteiger partial charge < -0.3 is 5.11 Å². The van der Waals surface area contributed by atoms with Crippen LogP contribution in [-0.4, -0.2) is 59.5 Å². The number of aliphatic hydroxyl groups is 1. The number of nitrogens with one attached hydrogen (secondary N) is 1. The first-order valence-electron chi connectivity index (χ1n) is 10.6. The normalized spacial score (nSPS) is 12.5. The van der Waals surface area contributed by atoms with E-state index in [1.54, 1.807) is 24.3 Å². The number of carbonyl (C=O) groups excluding carboxylic acids is 1. The van der Waals surface area contributed by atoms with Crippen LogP contribution >= 0.6 is 11.6 Å². The van der Waals surface area contributed by atoms with Gasteiger partial charge in [-0.3, -0.25) is 14.2 Å². The first-order valence-corrected chi connectivity index (χ1v) is 11.0. The van der Waals surface area contributed by atoms with Crippen LogP contribution in [0.1, 0.15) is 16.2 Å². The number of para-hydroxylation sites is 1. The molecule has 15 heteroatoms. The Labute approximate surface area is 211 Å². The lowest BCUT2D eigenvalue weighted by molar-refractivity contribution is -0.207. The summed E-state index contributed by atoms with van der Waals surface area (Å²) in [5.74, 6) is -0.542. The topological polar surface area (TPSA) is 129 Å². The number of aliphatic hydroxyl groups excluding tert-OH is 1. The van der Waals surface area contributed by atoms with Crippen molar-refractivity contribution in [2.24, 2.45) is 0 Å². The smallest absolute Gasteiger partial charge is 0.382 e. The summed E-state index contributed by atoms with van der Waals surface area (Å²) in [5.41, 5.74) is 2.21. The van der Waals surface area contributed by atoms with E-state index in [0.717, 1.165) is 9.25 Å². The summed E-state index contributed by atoms with van der Waals surface area (Å²) < 4.78 is 42.0. The van der Waals surface area contributed by atoms with Crippen molar-refractivity contribution >= 4 is 17.5 Å². The molecular weight excluding hydrogens is 519 g/mol. The van der Waals surface area contributed by atoms with Crippen LogP contribution < -0.4 is 11.2 Å². The molecule has 0 aliphatic heterocycles. The number of carbonyl (C=O) groups is 1. The second-order valence-electron chi connectivity index (χ2n) is 7.70. The number of alkyl halides is 3. The third kappa shape index (κ3) is 5.71. The van der Waals surface area contributed by atoms with E-state index in [1.807, 2.05) is 0 Å². The van der Waals surface area contributed by atoms with Crippen LogP contribution in [-0.2, 0) is 17.9 Å². The summed E-state index contributed by atoms with van der Waals surface area (Å²) in [5, 5.41) is 18.4. The molecule has 0 aliphatic rings. The lowest BCUT2D eigenvalue weighted by atomic mass is 10.1. The molecule has 2 aromatic heterocycles. The third-order valence-corrected chi connectivity index (χ3v) is 5.43. The lowest BCUT2D eigenvalue weighted by Crippen LogP contribution is -2.37. The van der Waals surface area contributed by atoms with Crippen LogP contribution in [0.2, 0.25) is 5.02 Å². The molecule has 0 fully saturated rings. The molecule has 1 amide bonds. The maximum atomic E-state index is 13.0. The number of benzene rings is 2. The number of aromatic nitrogens is 6. The molecular formula is C22H19ClF3N7O4. The largest absolute Gasteiger partial charge is 0.416 e. The number of hydroxylamine groups is 1. The Bertz CT molecular complexity index is 1460. The van der Waals surface area contributed by atoms with Crippen molar-refractivity contribution in [3.63, 3.8) is 0 Å². The molecule has 0 bridgehead atoms. The van der Waals surface area contributed by atoms with Crippen molar-refractivity contribution in [1.82, 2.24) is 34.6 Å². The number of hydrogen-bond donors (Lipinski definition) is 2. The van der Waals surface area contributed by atoms with Gasteiger partial charge in [0, 0.05) is 10.6 Å². The van der Waals surface area contributed by atoms with Gasteiger partial charge in [0.05, 0.1) is 24.9 Å². The van der Waals surface area contributed by atoms with Crippen molar-refractivity contribution in [1.29, 1.82) is 0 Å². The molecule has 0 unspecified atom stereocenters. The van der Waals surface area contributed by atoms with Crippen molar-refractivity contribution in [3.05, 3.63) is 81.8 Å². The van der Waals surface area contributed by atoms with Gasteiger partial charge in [-0.05, 0) is 36.4 Å². The zero-order valence-electron chi connectivity index (χ0n) is 19.1. The maximum Gasteiger partial charge on any atom is 0.416 e. The average Bonchev–Trinajstić information content (AvgIpc) is 3.44. The summed E-state index contributed by atoms with van der Waals surface area (Å²) in [4.78, 5) is 34.1. The highest BCUT2D eigenvalue weighted by atomic mass is 35.5. The van der Waals surface area contributed by atoms with Gasteiger partial charge in [0.15, 0.2) is 17.8 Å². The SMILES string of the molecule is CONC(=O)c1ccccc1-n1cnc(Cn2nc(-c3ccc(Cl)cc3)n(C[C@H](O)C(F)(F)F)c2=O)n1. The highest BCUT2D eigenvalue weighted by Gasteiger charge is 2.39. The number of nitrogens with zero attached hydrogens (tertiary/aromatic N) is 6. The molecule has 4 rings (SSSR count). The van der Waals surface area contributed by atoms with E-state index in [0.29, 0.717) is 16.3 Å². The Morgan fingerprint density at radius 1 is 1.16 bits per heavy atom. The van der Waals surface area contributed by atoms with E-state index >= 15 is 0 Å². The molecule has 1 atom stereocenters. The van der Waals surface area contributed by atoms with E-state index in [4.69, 9.17) is 11.6 Å². The predicted molar refractivity (Wildman–Crippen MR) is 124 cm³/mol. The molecule has 194 valence electrons. The van der Waals surface area contributed by atoms with Gasteiger partial charge in [-0.25, -0.2) is 24.6 Å². The van der Waals surface area contributed by atoms with Crippen molar-refractivity contribution in [2.45, 2.75) is 25.4 Å². The molecule has 2 heterocycles. The van der Waals surface area contributed by atoms with Gasteiger partial charge >= 0.3 is 11.9 Å². The first kappa shape index (κ1) is 26.1. The Morgan fingerprint density at radius 2 is 1.86 bits per heavy atom. The molecule has 0 saturated heterocycles. The molecule has 4 aromatic rings. The van der Waals surface area contributed by atoms with E-state index in [9.17, 15) is 27.9 Å². The van der Waals surface area contributed by atoms with Gasteiger partial charge in [0.2, 0.25) is 0 Å². The fourth-order valence-electron chi connectivity index (χ4n) is 3.43. The minimum Gasteiger partial charge on any atom is -0.382 e. The van der Waals surface area contributed by atoms with Gasteiger partial charge in [-0.15, -0.1) is 10.2 Å². The van der Waals surface area contributed by atoms with Crippen LogP contribution in [0.4, 0.5) is 13.2 Å². The number of hydrogen-bond acceptors (Lipinski definition) is 7. The van der Waals surface area contributed by atoms with Crippen molar-refractivity contribution < 1.29 is 27.9 Å². The van der Waals surface area contributed by atoms with Crippen molar-refractivity contribution in [3.8, 4) is 17.1 Å². The van der Waals surface area contributed by atoms with Gasteiger partial charge in [0.1, 0.15) is 12.9 Å². The maximum absolute atomic E-state index is 13.0. The zero-order valence-corrected chi connectivity index (χ0v) is 19.8. The third-order valence-electron chi connectivity index (χ3n) is 5.18. The molecule has 0 saturated carbocycles. The second-order valence-corrected chi connectivity index (χ2v) is 8.13. The highest BCUT2D eigenvalue weighted by molar-refractivity contribution is 6.30. The Hall–Kier alpha value is -4.01. The summed E-state index contributed by atoms with van der Waals surface area (Å²) in [6, 6.07) is 12.4. The number of rotatable bonds is 8. The Kier molecular flexibility index (Phi) is 7.42. The molecule has 0 radical (unpaired) electrons. The summed E-state index contributed by atoms with van der Waals surface area (Å²) in [6.45, 7) is -1.36. The van der Waals surface area contributed by atoms with Gasteiger partial charge in [-0.1, -0.05) is 23.7 Å². The van der Waals surface area contributed by atoms with E-state index < -0.39 is 30.4 Å². The monoisotopic (exact) mass is 537 g/mol. The van der Waals surface area contributed by atoms with E-state index in [1.165, 1.54) is 42.4 Å². The molecule has 2 N–H and O–H groups in total. The summed E-state index contributed by atoms with van der Waals surface area (Å²) >= 11 is 5.89. The van der Waals surface area contributed by atoms with Crippen LogP contribution in [0.25, 0.3) is 17.1 Å². The molecule has 0 aliphatic carbocycles. The minimum absolute atomic E-state index is 0.0905. The quantitative estimate of drug-likeness (QED) is 0.330. The number of halogens is 4. The molecule has 11 nitrogen and oxygen atoms in total. The average molecular weight is 538 g/mol. The lowest BCUT2D eigenvalue weighted by Gasteiger charge is -2.15. The van der Waals surface area contributed by atoms with Crippen LogP contribution in [0, 0.1) is 0 Å². The standard InChI is InChI=1S/C22H19ClF3N7O4/c1-37-30-20(35)15-4-2-3-5-16(15)33-12-27-18(28-33)11-32-21(36)31(10-17(34)22(24,25)26)19(29-32)13-6-8-14(23)9-7-13/h2-9,12,17,34H,10-11H2,1H3,(H,30,35)/t17-/m0/s1. The molecule has 2 aromatic carbocycles. The van der Waals surface area contributed by atoms with Crippen LogP contribution in [0.3, 0.4) is 0 Å². The van der Waals surface area contributed by atoms with Crippen LogP contribution in [0.15, 0.2) is 59.7 Å². The predicted octanol–water partition coefficient (Wildman–Crippen LogP) is 2.21. The second kappa shape index (κ2) is 10.5.